The molecule has 49 heavy (non-hydrogen) atoms. The minimum atomic E-state index is -1.39. The van der Waals surface area contributed by atoms with E-state index in [0.29, 0.717) is 45.3 Å². The number of anilines is 2. The number of benzene rings is 4. The Balaban J connectivity index is 1.12. The minimum absolute atomic E-state index is 0.350. The summed E-state index contributed by atoms with van der Waals surface area (Å²) in [6, 6.07) is 28.8. The molecule has 1 aromatic heterocycles. The van der Waals surface area contributed by atoms with Gasteiger partial charge in [0, 0.05) is 22.5 Å². The van der Waals surface area contributed by atoms with E-state index >= 15 is 0 Å². The van der Waals surface area contributed by atoms with Crippen molar-refractivity contribution in [1.29, 1.82) is 0 Å². The highest BCUT2D eigenvalue weighted by molar-refractivity contribution is 5.98. The standard InChI is InChI=1S/C37H35N5O7/c1-22(39-35(47)31(43)25-9-5-3-6-10-25)33(45)41-28-17-13-24(14-18-28)30-21-38-37(49-30)27-15-19-29(20-16-27)42-34(46)23(2)40-36(48)32(44)26-11-7-4-8-12-26/h3-23,31-32,43-44H,1-2H3,(H,39,47)(H,40,48)(H,41,45)(H,42,46)/t22?,23-,31-,32-/m0/s1. The number of aliphatic hydroxyl groups excluding tert-OH is 2. The zero-order valence-corrected chi connectivity index (χ0v) is 26.7. The van der Waals surface area contributed by atoms with Crippen LogP contribution < -0.4 is 21.3 Å². The number of aromatic nitrogens is 1. The quantitative estimate of drug-likeness (QED) is 0.114. The molecular formula is C37H35N5O7. The second-order valence-electron chi connectivity index (χ2n) is 11.2. The highest BCUT2D eigenvalue weighted by Crippen LogP contribution is 2.28. The third-order valence-electron chi connectivity index (χ3n) is 7.57. The zero-order chi connectivity index (χ0) is 34.9. The molecule has 12 nitrogen and oxygen atoms in total. The number of rotatable bonds is 12. The predicted octanol–water partition coefficient (Wildman–Crippen LogP) is 4.36. The van der Waals surface area contributed by atoms with Crippen molar-refractivity contribution in [1.82, 2.24) is 15.6 Å². The van der Waals surface area contributed by atoms with Crippen molar-refractivity contribution in [3.8, 4) is 22.8 Å². The third-order valence-corrected chi connectivity index (χ3v) is 7.57. The van der Waals surface area contributed by atoms with E-state index in [9.17, 15) is 29.4 Å². The van der Waals surface area contributed by atoms with Crippen LogP contribution in [0.1, 0.15) is 37.2 Å². The topological polar surface area (TPSA) is 183 Å². The monoisotopic (exact) mass is 661 g/mol. The van der Waals surface area contributed by atoms with Gasteiger partial charge in [0.2, 0.25) is 17.7 Å². The normalized spacial score (nSPS) is 13.3. The highest BCUT2D eigenvalue weighted by Gasteiger charge is 2.23. The number of amides is 4. The lowest BCUT2D eigenvalue weighted by Crippen LogP contribution is -2.43. The van der Waals surface area contributed by atoms with Gasteiger partial charge in [-0.05, 0) is 73.5 Å². The van der Waals surface area contributed by atoms with Gasteiger partial charge in [0.05, 0.1) is 6.20 Å². The SMILES string of the molecule is CC(NC(=O)[C@@H](O)c1ccccc1)C(=O)Nc1ccc(-c2cnc(-c3ccc(NC(=O)[C@H](C)NC(=O)[C@@H](O)c4ccccc4)cc3)o2)cc1. The van der Waals surface area contributed by atoms with Gasteiger partial charge in [0.15, 0.2) is 18.0 Å². The van der Waals surface area contributed by atoms with Crippen LogP contribution in [0.5, 0.6) is 0 Å². The van der Waals surface area contributed by atoms with Crippen molar-refractivity contribution in [2.45, 2.75) is 38.1 Å². The van der Waals surface area contributed by atoms with Gasteiger partial charge in [-0.15, -0.1) is 0 Å². The van der Waals surface area contributed by atoms with Gasteiger partial charge in [-0.1, -0.05) is 60.7 Å². The molecule has 0 aliphatic carbocycles. The number of carbonyl (C=O) groups is 4. The Hall–Kier alpha value is -6.11. The molecule has 4 atom stereocenters. The molecule has 0 fully saturated rings. The number of hydrogen-bond donors (Lipinski definition) is 6. The van der Waals surface area contributed by atoms with Crippen LogP contribution in [0.3, 0.4) is 0 Å². The third kappa shape index (κ3) is 8.83. The summed E-state index contributed by atoms with van der Waals surface area (Å²) in [6.07, 6.45) is -1.21. The average Bonchev–Trinajstić information content (AvgIpc) is 3.62. The first-order chi connectivity index (χ1) is 23.6. The summed E-state index contributed by atoms with van der Waals surface area (Å²) in [4.78, 5) is 54.5. The second-order valence-corrected chi connectivity index (χ2v) is 11.2. The molecule has 6 N–H and O–H groups in total. The summed E-state index contributed by atoms with van der Waals surface area (Å²) >= 11 is 0. The molecule has 1 heterocycles. The van der Waals surface area contributed by atoms with E-state index in [1.165, 1.54) is 13.8 Å². The lowest BCUT2D eigenvalue weighted by molar-refractivity contribution is -0.132. The lowest BCUT2D eigenvalue weighted by Gasteiger charge is -2.17. The fourth-order valence-electron chi connectivity index (χ4n) is 4.75. The molecule has 0 aliphatic rings. The molecule has 4 amide bonds. The maximum atomic E-state index is 12.7. The first kappa shape index (κ1) is 34.2. The van der Waals surface area contributed by atoms with E-state index in [4.69, 9.17) is 4.42 Å². The summed E-state index contributed by atoms with van der Waals surface area (Å²) in [6.45, 7) is 3.05. The summed E-state index contributed by atoms with van der Waals surface area (Å²) in [7, 11) is 0. The summed E-state index contributed by atoms with van der Waals surface area (Å²) in [5, 5.41) is 31.0. The summed E-state index contributed by atoms with van der Waals surface area (Å²) in [5.74, 6) is -1.43. The minimum Gasteiger partial charge on any atom is -0.436 e. The van der Waals surface area contributed by atoms with Crippen LogP contribution in [0.2, 0.25) is 0 Å². The van der Waals surface area contributed by atoms with E-state index in [0.717, 1.165) is 0 Å². The number of nitrogens with one attached hydrogen (secondary N) is 4. The molecule has 250 valence electrons. The molecule has 4 aromatic carbocycles. The van der Waals surface area contributed by atoms with Crippen LogP contribution in [-0.2, 0) is 19.2 Å². The molecule has 12 heteroatoms. The Bertz CT molecular complexity index is 1760. The van der Waals surface area contributed by atoms with Crippen molar-refractivity contribution in [3.63, 3.8) is 0 Å². The largest absolute Gasteiger partial charge is 0.436 e. The van der Waals surface area contributed by atoms with Crippen molar-refractivity contribution >= 4 is 35.0 Å². The Morgan fingerprint density at radius 3 is 1.41 bits per heavy atom. The highest BCUT2D eigenvalue weighted by atomic mass is 16.4. The maximum Gasteiger partial charge on any atom is 0.254 e. The summed E-state index contributed by atoms with van der Waals surface area (Å²) in [5.41, 5.74) is 3.21. The van der Waals surface area contributed by atoms with Crippen LogP contribution in [0.25, 0.3) is 22.8 Å². The molecule has 0 radical (unpaired) electrons. The lowest BCUT2D eigenvalue weighted by atomic mass is 10.1. The van der Waals surface area contributed by atoms with Gasteiger partial charge >= 0.3 is 0 Å². The average molecular weight is 662 g/mol. The van der Waals surface area contributed by atoms with Gasteiger partial charge in [-0.3, -0.25) is 19.2 Å². The number of aliphatic hydroxyl groups is 2. The van der Waals surface area contributed by atoms with Gasteiger partial charge in [0.1, 0.15) is 12.1 Å². The molecule has 0 bridgehead atoms. The molecule has 5 rings (SSSR count). The molecular weight excluding hydrogens is 626 g/mol. The first-order valence-electron chi connectivity index (χ1n) is 15.4. The van der Waals surface area contributed by atoms with Crippen LogP contribution in [-0.4, -0.2) is 50.9 Å². The van der Waals surface area contributed by atoms with Crippen molar-refractivity contribution in [3.05, 3.63) is 127 Å². The van der Waals surface area contributed by atoms with E-state index in [1.807, 2.05) is 0 Å². The van der Waals surface area contributed by atoms with Crippen LogP contribution in [0.4, 0.5) is 11.4 Å². The van der Waals surface area contributed by atoms with Gasteiger partial charge < -0.3 is 35.9 Å². The molecule has 5 aromatic rings. The fourth-order valence-corrected chi connectivity index (χ4v) is 4.75. The first-order valence-corrected chi connectivity index (χ1v) is 15.4. The van der Waals surface area contributed by atoms with Gasteiger partial charge in [-0.2, -0.15) is 0 Å². The Labute approximate surface area is 282 Å². The van der Waals surface area contributed by atoms with E-state index < -0.39 is 47.9 Å². The summed E-state index contributed by atoms with van der Waals surface area (Å²) < 4.78 is 5.95. The van der Waals surface area contributed by atoms with E-state index in [2.05, 4.69) is 26.3 Å². The Kier molecular flexibility index (Phi) is 10.9. The predicted molar refractivity (Wildman–Crippen MR) is 183 cm³/mol. The molecule has 0 aliphatic heterocycles. The number of hydrogen-bond acceptors (Lipinski definition) is 8. The van der Waals surface area contributed by atoms with Crippen molar-refractivity contribution in [2.75, 3.05) is 10.6 Å². The van der Waals surface area contributed by atoms with E-state index in [1.54, 1.807) is 115 Å². The number of nitrogens with zero attached hydrogens (tertiary/aromatic N) is 1. The van der Waals surface area contributed by atoms with Crippen LogP contribution in [0.15, 0.2) is 120 Å². The smallest absolute Gasteiger partial charge is 0.254 e. The molecule has 0 saturated carbocycles. The van der Waals surface area contributed by atoms with Crippen molar-refractivity contribution in [2.24, 2.45) is 0 Å². The number of oxazole rings is 1. The van der Waals surface area contributed by atoms with Crippen LogP contribution in [0, 0.1) is 0 Å². The Morgan fingerprint density at radius 2 is 0.980 bits per heavy atom. The van der Waals surface area contributed by atoms with Gasteiger partial charge in [0.25, 0.3) is 11.8 Å². The zero-order valence-electron chi connectivity index (χ0n) is 26.7. The molecule has 0 saturated heterocycles. The molecule has 1 unspecified atom stereocenters. The van der Waals surface area contributed by atoms with Gasteiger partial charge in [-0.25, -0.2) is 4.98 Å². The maximum absolute atomic E-state index is 12.7. The number of carbonyl (C=O) groups excluding carboxylic acids is 4. The van der Waals surface area contributed by atoms with Crippen molar-refractivity contribution < 1.29 is 33.8 Å². The molecule has 0 spiro atoms. The van der Waals surface area contributed by atoms with E-state index in [-0.39, 0.29) is 0 Å². The Morgan fingerprint density at radius 1 is 0.571 bits per heavy atom. The van der Waals surface area contributed by atoms with Crippen LogP contribution >= 0.6 is 0 Å². The fraction of sp³-hybridized carbons (Fsp3) is 0.162. The second kappa shape index (κ2) is 15.7.